The largest absolute Gasteiger partial charge is 0.345 e. The van der Waals surface area contributed by atoms with Crippen molar-refractivity contribution in [1.82, 2.24) is 4.98 Å². The molecule has 1 aromatic heterocycles. The van der Waals surface area contributed by atoms with Crippen LogP contribution in [0.3, 0.4) is 0 Å². The number of thiazole rings is 1. The van der Waals surface area contributed by atoms with Crippen LogP contribution in [0.25, 0.3) is 0 Å². The number of rotatable bonds is 1. The van der Waals surface area contributed by atoms with Gasteiger partial charge in [-0.05, 0) is 38.0 Å². The molecule has 0 N–H and O–H groups in total. The minimum Gasteiger partial charge on any atom is -0.345 e. The summed E-state index contributed by atoms with van der Waals surface area (Å²) in [5, 5.41) is 1.13. The van der Waals surface area contributed by atoms with Crippen molar-refractivity contribution in [3.05, 3.63) is 10.6 Å². The number of hydrogen-bond donors (Lipinski definition) is 0. The number of Topliss-reactive ketones (excluding diaryl/α,β-unsaturated/α-hetero) is 1. The number of fused-ring (bicyclic) bond motifs is 2. The average molecular weight is 276 g/mol. The molecule has 0 bridgehead atoms. The molecule has 0 radical (unpaired) electrons. The highest BCUT2D eigenvalue weighted by Crippen LogP contribution is 2.41. The van der Waals surface area contributed by atoms with Gasteiger partial charge in [0.2, 0.25) is 0 Å². The lowest BCUT2D eigenvalue weighted by molar-refractivity contribution is 0.0976. The Morgan fingerprint density at radius 3 is 2.89 bits per heavy atom. The molecule has 2 aliphatic carbocycles. The number of ketones is 1. The zero-order valence-corrected chi connectivity index (χ0v) is 12.0. The van der Waals surface area contributed by atoms with Crippen LogP contribution in [0.15, 0.2) is 0 Å². The minimum atomic E-state index is 0.324. The third kappa shape index (κ3) is 1.92. The Morgan fingerprint density at radius 1 is 1.11 bits per heavy atom. The lowest BCUT2D eigenvalue weighted by atomic mass is 9.85. The molecule has 1 aromatic rings. The Bertz CT molecular complexity index is 510. The Morgan fingerprint density at radius 2 is 2.00 bits per heavy atom. The summed E-state index contributed by atoms with van der Waals surface area (Å²) in [5.41, 5.74) is 1.08. The molecule has 4 heteroatoms. The van der Waals surface area contributed by atoms with Gasteiger partial charge in [-0.1, -0.05) is 24.2 Å². The van der Waals surface area contributed by atoms with E-state index in [4.69, 9.17) is 4.98 Å². The molecule has 3 nitrogen and oxygen atoms in total. The van der Waals surface area contributed by atoms with E-state index in [0.29, 0.717) is 11.8 Å². The van der Waals surface area contributed by atoms with Crippen molar-refractivity contribution in [1.29, 1.82) is 0 Å². The Labute approximate surface area is 118 Å². The summed E-state index contributed by atoms with van der Waals surface area (Å²) in [5.74, 6) is 1.20. The molecule has 1 saturated heterocycles. The van der Waals surface area contributed by atoms with Crippen LogP contribution in [0.1, 0.15) is 60.3 Å². The van der Waals surface area contributed by atoms with Crippen LogP contribution in [0, 0.1) is 5.92 Å². The smallest absolute Gasteiger partial charge is 0.186 e. The third-order valence-corrected chi connectivity index (χ3v) is 6.19. The summed E-state index contributed by atoms with van der Waals surface area (Å²) in [4.78, 5) is 20.2. The van der Waals surface area contributed by atoms with Crippen molar-refractivity contribution >= 4 is 22.3 Å². The molecule has 0 spiro atoms. The highest BCUT2D eigenvalue weighted by atomic mass is 32.1. The van der Waals surface area contributed by atoms with Crippen LogP contribution >= 0.6 is 11.3 Å². The van der Waals surface area contributed by atoms with E-state index in [-0.39, 0.29) is 0 Å². The lowest BCUT2D eigenvalue weighted by Gasteiger charge is -2.31. The Balaban J connectivity index is 1.64. The molecule has 2 atom stereocenters. The van der Waals surface area contributed by atoms with Crippen LogP contribution in [0.2, 0.25) is 0 Å². The van der Waals surface area contributed by atoms with Crippen LogP contribution in [0.5, 0.6) is 0 Å². The fourth-order valence-corrected chi connectivity index (χ4v) is 5.19. The number of nitrogens with zero attached hydrogens (tertiary/aromatic N) is 2. The zero-order valence-electron chi connectivity index (χ0n) is 11.2. The standard InChI is InChI=1S/C15H20N2OS/c18-13-7-3-5-11-14(13)19-15(16-11)17-9-8-10-4-1-2-6-12(10)17/h10,12H,1-9H2. The van der Waals surface area contributed by atoms with Gasteiger partial charge in [-0.3, -0.25) is 4.79 Å². The van der Waals surface area contributed by atoms with Gasteiger partial charge in [0, 0.05) is 19.0 Å². The number of carbonyl (C=O) groups excluding carboxylic acids is 1. The normalized spacial score (nSPS) is 30.3. The number of aryl methyl sites for hydroxylation is 1. The highest BCUT2D eigenvalue weighted by Gasteiger charge is 2.37. The predicted molar refractivity (Wildman–Crippen MR) is 77.1 cm³/mol. The first-order chi connectivity index (χ1) is 9.33. The second kappa shape index (κ2) is 4.58. The number of anilines is 1. The summed E-state index contributed by atoms with van der Waals surface area (Å²) >= 11 is 1.66. The number of aromatic nitrogens is 1. The van der Waals surface area contributed by atoms with Crippen LogP contribution in [0.4, 0.5) is 5.13 Å². The maximum Gasteiger partial charge on any atom is 0.186 e. The van der Waals surface area contributed by atoms with E-state index in [9.17, 15) is 4.79 Å². The van der Waals surface area contributed by atoms with E-state index >= 15 is 0 Å². The summed E-state index contributed by atoms with van der Waals surface area (Å²) in [7, 11) is 0. The molecule has 0 aromatic carbocycles. The summed E-state index contributed by atoms with van der Waals surface area (Å²) in [6.45, 7) is 1.15. The molecule has 3 aliphatic rings. The van der Waals surface area contributed by atoms with E-state index in [2.05, 4.69) is 4.90 Å². The number of carbonyl (C=O) groups is 1. The van der Waals surface area contributed by atoms with Crippen molar-refractivity contribution in [3.8, 4) is 0 Å². The van der Waals surface area contributed by atoms with Crippen molar-refractivity contribution in [2.45, 2.75) is 57.4 Å². The van der Waals surface area contributed by atoms with Crippen LogP contribution in [-0.2, 0) is 6.42 Å². The van der Waals surface area contributed by atoms with Gasteiger partial charge in [0.15, 0.2) is 10.9 Å². The second-order valence-corrected chi connectivity index (χ2v) is 7.12. The fourth-order valence-electron chi connectivity index (χ4n) is 4.02. The maximum atomic E-state index is 11.9. The zero-order chi connectivity index (χ0) is 12.8. The first-order valence-electron chi connectivity index (χ1n) is 7.62. The first-order valence-corrected chi connectivity index (χ1v) is 8.44. The SMILES string of the molecule is O=C1CCCc2nc(N3CCC4CCCCC43)sc21. The molecule has 2 fully saturated rings. The van der Waals surface area contributed by atoms with E-state index < -0.39 is 0 Å². The monoisotopic (exact) mass is 276 g/mol. The third-order valence-electron chi connectivity index (χ3n) is 5.01. The van der Waals surface area contributed by atoms with E-state index in [0.717, 1.165) is 47.4 Å². The molecule has 1 aliphatic heterocycles. The summed E-state index contributed by atoms with van der Waals surface area (Å²) in [6.07, 6.45) is 9.52. The van der Waals surface area contributed by atoms with Gasteiger partial charge < -0.3 is 4.90 Å². The van der Waals surface area contributed by atoms with Gasteiger partial charge in [0.1, 0.15) is 0 Å². The lowest BCUT2D eigenvalue weighted by Crippen LogP contribution is -2.34. The molecule has 2 unspecified atom stereocenters. The fraction of sp³-hybridized carbons (Fsp3) is 0.733. The van der Waals surface area contributed by atoms with Crippen molar-refractivity contribution in [2.24, 2.45) is 5.92 Å². The summed E-state index contributed by atoms with van der Waals surface area (Å²) < 4.78 is 0. The van der Waals surface area contributed by atoms with Gasteiger partial charge in [-0.15, -0.1) is 0 Å². The van der Waals surface area contributed by atoms with Crippen molar-refractivity contribution in [3.63, 3.8) is 0 Å². The van der Waals surface area contributed by atoms with E-state index in [1.54, 1.807) is 11.3 Å². The van der Waals surface area contributed by atoms with E-state index in [1.807, 2.05) is 0 Å². The first kappa shape index (κ1) is 11.9. The molecule has 4 rings (SSSR count). The average Bonchev–Trinajstić information content (AvgIpc) is 3.02. The van der Waals surface area contributed by atoms with Crippen LogP contribution < -0.4 is 4.90 Å². The van der Waals surface area contributed by atoms with Gasteiger partial charge in [-0.25, -0.2) is 4.98 Å². The van der Waals surface area contributed by atoms with Crippen molar-refractivity contribution < 1.29 is 4.79 Å². The molecule has 19 heavy (non-hydrogen) atoms. The van der Waals surface area contributed by atoms with Crippen molar-refractivity contribution in [2.75, 3.05) is 11.4 Å². The predicted octanol–water partition coefficient (Wildman–Crippen LogP) is 3.43. The highest BCUT2D eigenvalue weighted by molar-refractivity contribution is 7.17. The maximum absolute atomic E-state index is 11.9. The molecular formula is C15H20N2OS. The number of hydrogen-bond acceptors (Lipinski definition) is 4. The molecule has 1 saturated carbocycles. The Kier molecular flexibility index (Phi) is 2.87. The minimum absolute atomic E-state index is 0.324. The topological polar surface area (TPSA) is 33.2 Å². The Hall–Kier alpha value is -0.900. The van der Waals surface area contributed by atoms with Crippen LogP contribution in [-0.4, -0.2) is 23.4 Å². The molecule has 0 amide bonds. The van der Waals surface area contributed by atoms with Gasteiger partial charge >= 0.3 is 0 Å². The summed E-state index contributed by atoms with van der Waals surface area (Å²) in [6, 6.07) is 0.705. The van der Waals surface area contributed by atoms with E-state index in [1.165, 1.54) is 32.1 Å². The second-order valence-electron chi connectivity index (χ2n) is 6.14. The van der Waals surface area contributed by atoms with Gasteiger partial charge in [0.25, 0.3) is 0 Å². The van der Waals surface area contributed by atoms with Gasteiger partial charge in [0.05, 0.1) is 10.6 Å². The molecular weight excluding hydrogens is 256 g/mol. The molecule has 2 heterocycles. The molecule has 102 valence electrons. The van der Waals surface area contributed by atoms with Gasteiger partial charge in [-0.2, -0.15) is 0 Å². The quantitative estimate of drug-likeness (QED) is 0.788.